The van der Waals surface area contributed by atoms with Gasteiger partial charge >= 0.3 is 12.0 Å². The number of hydrogen-bond donors (Lipinski definition) is 4. The molecule has 0 aliphatic carbocycles. The molecule has 0 radical (unpaired) electrons. The monoisotopic (exact) mass is 588 g/mol. The maximum atomic E-state index is 12.4. The largest absolute Gasteiger partial charge is 0.490 e. The molecule has 3 aromatic carbocycles. The first-order valence-electron chi connectivity index (χ1n) is 13.8. The molecule has 11 nitrogen and oxygen atoms in total. The Morgan fingerprint density at radius 2 is 1.77 bits per heavy atom. The maximum absolute atomic E-state index is 12.4. The van der Waals surface area contributed by atoms with Gasteiger partial charge in [0.05, 0.1) is 31.5 Å². The van der Waals surface area contributed by atoms with Gasteiger partial charge in [-0.05, 0) is 73.9 Å². The van der Waals surface area contributed by atoms with E-state index in [4.69, 9.17) is 18.9 Å². The van der Waals surface area contributed by atoms with Crippen molar-refractivity contribution in [3.63, 3.8) is 0 Å². The number of aryl methyl sites for hydroxylation is 1. The van der Waals surface area contributed by atoms with Crippen LogP contribution in [0.15, 0.2) is 83.1 Å². The molecule has 4 N–H and O–H groups in total. The third-order valence-electron chi connectivity index (χ3n) is 6.52. The van der Waals surface area contributed by atoms with E-state index in [1.807, 2.05) is 50.2 Å². The quantitative estimate of drug-likeness (QED) is 0.101. The van der Waals surface area contributed by atoms with Crippen LogP contribution in [0.1, 0.15) is 42.1 Å². The van der Waals surface area contributed by atoms with Crippen molar-refractivity contribution in [3.8, 4) is 17.2 Å². The smallest absolute Gasteiger partial charge is 0.337 e. The molecule has 11 heteroatoms. The number of amides is 2. The molecule has 0 saturated heterocycles. The van der Waals surface area contributed by atoms with Crippen LogP contribution in [-0.4, -0.2) is 49.9 Å². The van der Waals surface area contributed by atoms with Crippen LogP contribution in [0.25, 0.3) is 0 Å². The minimum absolute atomic E-state index is 0.126. The molecular weight excluding hydrogens is 552 g/mol. The number of carbonyl (C=O) groups excluding carboxylic acids is 2. The molecule has 43 heavy (non-hydrogen) atoms. The Balaban J connectivity index is 1.32. The van der Waals surface area contributed by atoms with Crippen molar-refractivity contribution in [1.29, 1.82) is 0 Å². The van der Waals surface area contributed by atoms with Crippen molar-refractivity contribution in [1.82, 2.24) is 16.1 Å². The van der Waals surface area contributed by atoms with E-state index in [2.05, 4.69) is 33.3 Å². The number of carbonyl (C=O) groups is 2. The third kappa shape index (κ3) is 8.49. The zero-order valence-corrected chi connectivity index (χ0v) is 24.5. The number of urea groups is 1. The molecule has 0 fully saturated rings. The van der Waals surface area contributed by atoms with Gasteiger partial charge in [-0.2, -0.15) is 5.10 Å². The predicted octanol–water partition coefficient (Wildman–Crippen LogP) is 4.09. The molecule has 0 saturated carbocycles. The lowest BCUT2D eigenvalue weighted by Gasteiger charge is -2.28. The first kappa shape index (κ1) is 30.9. The minimum Gasteiger partial charge on any atom is -0.490 e. The van der Waals surface area contributed by atoms with E-state index >= 15 is 0 Å². The summed E-state index contributed by atoms with van der Waals surface area (Å²) in [6.45, 7) is 6.20. The molecule has 2 amide bonds. The standard InChI is InChI=1S/C32H36N4O7/c1-5-41-27-16-24(30-29(31(38)40-4)21(3)34-32(39)35-30)12-15-26(27)43-19-28(37)36-33-17-22-10-13-25(14-11-22)42-18-23-8-6-20(2)7-9-23/h6-17,28,30,36-37H,5,18-19H2,1-4H3,(H2,34,35,39)/b33-17-/t28-,30+/m1/s1. The van der Waals surface area contributed by atoms with Gasteiger partial charge in [-0.15, -0.1) is 0 Å². The van der Waals surface area contributed by atoms with Crippen molar-refractivity contribution in [2.75, 3.05) is 20.3 Å². The molecule has 2 atom stereocenters. The summed E-state index contributed by atoms with van der Waals surface area (Å²) in [5.74, 6) is 0.933. The highest BCUT2D eigenvalue weighted by molar-refractivity contribution is 5.95. The Morgan fingerprint density at radius 3 is 2.47 bits per heavy atom. The fraction of sp³-hybridized carbons (Fsp3) is 0.281. The maximum Gasteiger partial charge on any atom is 0.337 e. The van der Waals surface area contributed by atoms with Gasteiger partial charge in [-0.3, -0.25) is 5.43 Å². The Labute approximate surface area is 250 Å². The molecule has 0 aromatic heterocycles. The summed E-state index contributed by atoms with van der Waals surface area (Å²) in [5, 5.41) is 19.8. The fourth-order valence-electron chi connectivity index (χ4n) is 4.32. The highest BCUT2D eigenvalue weighted by atomic mass is 16.5. The van der Waals surface area contributed by atoms with Crippen molar-refractivity contribution >= 4 is 18.2 Å². The van der Waals surface area contributed by atoms with Crippen molar-refractivity contribution < 1.29 is 33.6 Å². The van der Waals surface area contributed by atoms with Gasteiger partial charge in [0.15, 0.2) is 17.7 Å². The molecule has 1 aliphatic rings. The van der Waals surface area contributed by atoms with Crippen LogP contribution in [0, 0.1) is 6.92 Å². The lowest BCUT2D eigenvalue weighted by Crippen LogP contribution is -2.45. The summed E-state index contributed by atoms with van der Waals surface area (Å²) < 4.78 is 22.3. The summed E-state index contributed by atoms with van der Waals surface area (Å²) in [5.41, 5.74) is 7.02. The second kappa shape index (κ2) is 14.7. The lowest BCUT2D eigenvalue weighted by atomic mass is 9.95. The Morgan fingerprint density at radius 1 is 1.02 bits per heavy atom. The summed E-state index contributed by atoms with van der Waals surface area (Å²) >= 11 is 0. The van der Waals surface area contributed by atoms with Crippen molar-refractivity contribution in [2.24, 2.45) is 5.10 Å². The number of hydrogen-bond acceptors (Lipinski definition) is 9. The zero-order valence-electron chi connectivity index (χ0n) is 24.5. The lowest BCUT2D eigenvalue weighted by molar-refractivity contribution is -0.136. The first-order chi connectivity index (χ1) is 20.8. The number of benzene rings is 3. The molecular formula is C32H36N4O7. The highest BCUT2D eigenvalue weighted by Crippen LogP contribution is 2.35. The number of ether oxygens (including phenoxy) is 4. The van der Waals surface area contributed by atoms with Gasteiger partial charge in [0.1, 0.15) is 19.0 Å². The van der Waals surface area contributed by atoms with Gasteiger partial charge < -0.3 is 34.7 Å². The predicted molar refractivity (Wildman–Crippen MR) is 161 cm³/mol. The van der Waals surface area contributed by atoms with Crippen LogP contribution in [0.3, 0.4) is 0 Å². The second-order valence-corrected chi connectivity index (χ2v) is 9.76. The number of aliphatic hydroxyl groups is 1. The van der Waals surface area contributed by atoms with Crippen LogP contribution in [-0.2, 0) is 16.1 Å². The number of methoxy groups -OCH3 is 1. The molecule has 1 heterocycles. The summed E-state index contributed by atoms with van der Waals surface area (Å²) in [6.07, 6.45) is 0.470. The normalized spacial score (nSPS) is 15.4. The van der Waals surface area contributed by atoms with Gasteiger partial charge in [0.25, 0.3) is 0 Å². The van der Waals surface area contributed by atoms with E-state index in [1.54, 1.807) is 31.3 Å². The average Bonchev–Trinajstić information content (AvgIpc) is 3.00. The van der Waals surface area contributed by atoms with Crippen LogP contribution < -0.4 is 30.3 Å². The number of aliphatic hydroxyl groups excluding tert-OH is 1. The van der Waals surface area contributed by atoms with Crippen molar-refractivity contribution in [2.45, 2.75) is 39.6 Å². The van der Waals surface area contributed by atoms with E-state index in [-0.39, 0.29) is 12.2 Å². The zero-order chi connectivity index (χ0) is 30.8. The van der Waals surface area contributed by atoms with Gasteiger partial charge in [0, 0.05) is 5.70 Å². The summed E-state index contributed by atoms with van der Waals surface area (Å²) in [7, 11) is 1.28. The number of rotatable bonds is 13. The van der Waals surface area contributed by atoms with E-state index in [0.29, 0.717) is 36.0 Å². The number of allylic oxidation sites excluding steroid dienone is 1. The number of esters is 1. The SMILES string of the molecule is CCOc1cc([C@@H]2NC(=O)NC(C)=C2C(=O)OC)ccc1OC[C@@H](O)N/N=C\c1ccc(OCc2ccc(C)cc2)cc1. The molecule has 4 rings (SSSR count). The third-order valence-corrected chi connectivity index (χ3v) is 6.52. The molecule has 0 bridgehead atoms. The molecule has 0 unspecified atom stereocenters. The minimum atomic E-state index is -1.11. The number of nitrogens with zero attached hydrogens (tertiary/aromatic N) is 1. The van der Waals surface area contributed by atoms with Crippen LogP contribution in [0.5, 0.6) is 17.2 Å². The number of hydrazone groups is 1. The molecule has 0 spiro atoms. The first-order valence-corrected chi connectivity index (χ1v) is 13.8. The van der Waals surface area contributed by atoms with Gasteiger partial charge in [-0.25, -0.2) is 9.59 Å². The van der Waals surface area contributed by atoms with Crippen LogP contribution >= 0.6 is 0 Å². The van der Waals surface area contributed by atoms with Gasteiger partial charge in [-0.1, -0.05) is 35.9 Å². The van der Waals surface area contributed by atoms with E-state index in [0.717, 1.165) is 16.9 Å². The fourth-order valence-corrected chi connectivity index (χ4v) is 4.32. The Hall–Kier alpha value is -5.03. The molecule has 226 valence electrons. The number of nitrogens with one attached hydrogen (secondary N) is 3. The van der Waals surface area contributed by atoms with E-state index < -0.39 is 24.3 Å². The van der Waals surface area contributed by atoms with Crippen molar-refractivity contribution in [3.05, 3.63) is 100 Å². The molecule has 3 aromatic rings. The topological polar surface area (TPSA) is 140 Å². The van der Waals surface area contributed by atoms with E-state index in [9.17, 15) is 14.7 Å². The summed E-state index contributed by atoms with van der Waals surface area (Å²) in [6, 6.07) is 19.5. The highest BCUT2D eigenvalue weighted by Gasteiger charge is 2.32. The molecule has 1 aliphatic heterocycles. The Bertz CT molecular complexity index is 1470. The van der Waals surface area contributed by atoms with Gasteiger partial charge in [0.2, 0.25) is 0 Å². The van der Waals surface area contributed by atoms with E-state index in [1.165, 1.54) is 12.7 Å². The summed E-state index contributed by atoms with van der Waals surface area (Å²) in [4.78, 5) is 24.5. The van der Waals surface area contributed by atoms with Crippen LogP contribution in [0.4, 0.5) is 4.79 Å². The Kier molecular flexibility index (Phi) is 10.6. The van der Waals surface area contributed by atoms with Crippen LogP contribution in [0.2, 0.25) is 0 Å². The second-order valence-electron chi connectivity index (χ2n) is 9.76. The average molecular weight is 589 g/mol.